The molecule has 32 heavy (non-hydrogen) atoms. The number of rotatable bonds is 6. The summed E-state index contributed by atoms with van der Waals surface area (Å²) < 4.78 is 32.9. The number of alkyl halides is 1. The zero-order valence-corrected chi connectivity index (χ0v) is 18.7. The summed E-state index contributed by atoms with van der Waals surface area (Å²) in [6, 6.07) is 3.00. The fourth-order valence-electron chi connectivity index (χ4n) is 3.74. The van der Waals surface area contributed by atoms with E-state index in [2.05, 4.69) is 15.3 Å². The second-order valence-corrected chi connectivity index (χ2v) is 8.70. The van der Waals surface area contributed by atoms with Crippen LogP contribution >= 0.6 is 22.9 Å². The Bertz CT molecular complexity index is 1050. The lowest BCUT2D eigenvalue weighted by Gasteiger charge is -2.29. The van der Waals surface area contributed by atoms with Gasteiger partial charge in [-0.1, -0.05) is 17.7 Å². The van der Waals surface area contributed by atoms with Gasteiger partial charge in [-0.15, -0.1) is 11.3 Å². The summed E-state index contributed by atoms with van der Waals surface area (Å²) in [5.41, 5.74) is 1.06. The molecule has 0 saturated carbocycles. The maximum Gasteiger partial charge on any atom is 0.338 e. The molecule has 1 unspecified atom stereocenters. The summed E-state index contributed by atoms with van der Waals surface area (Å²) in [6.45, 7) is 2.11. The monoisotopic (exact) mass is 482 g/mol. The van der Waals surface area contributed by atoms with Crippen molar-refractivity contribution in [1.29, 1.82) is 0 Å². The smallest absolute Gasteiger partial charge is 0.338 e. The van der Waals surface area contributed by atoms with Crippen LogP contribution in [0.1, 0.15) is 23.5 Å². The number of esters is 1. The second kappa shape index (κ2) is 9.62. The minimum Gasteiger partial charge on any atom is -0.463 e. The van der Waals surface area contributed by atoms with E-state index in [-0.39, 0.29) is 36.8 Å². The number of aliphatic hydroxyl groups excluding tert-OH is 1. The molecule has 0 amide bonds. The molecule has 1 aromatic carbocycles. The number of amidine groups is 1. The molecule has 0 radical (unpaired) electrons. The van der Waals surface area contributed by atoms with Crippen LogP contribution in [0.2, 0.25) is 5.02 Å². The van der Waals surface area contributed by atoms with Gasteiger partial charge in [-0.2, -0.15) is 0 Å². The fourth-order valence-corrected chi connectivity index (χ4v) is 4.60. The quantitative estimate of drug-likeness (QED) is 0.616. The van der Waals surface area contributed by atoms with Gasteiger partial charge in [-0.25, -0.2) is 18.6 Å². The van der Waals surface area contributed by atoms with Crippen LogP contribution in [0.15, 0.2) is 46.0 Å². The number of nitrogens with one attached hydrogen (secondary N) is 1. The molecular weight excluding hydrogens is 462 g/mol. The highest BCUT2D eigenvalue weighted by atomic mass is 35.5. The lowest BCUT2D eigenvalue weighted by atomic mass is 9.95. The highest BCUT2D eigenvalue weighted by Crippen LogP contribution is 2.37. The Balaban J connectivity index is 1.81. The molecule has 2 aliphatic heterocycles. The van der Waals surface area contributed by atoms with E-state index < -0.39 is 30.1 Å². The molecule has 2 aliphatic rings. The van der Waals surface area contributed by atoms with Crippen LogP contribution in [0, 0.1) is 5.82 Å². The molecule has 0 bridgehead atoms. The minimum absolute atomic E-state index is 0.0220. The van der Waals surface area contributed by atoms with Gasteiger partial charge in [0.25, 0.3) is 0 Å². The van der Waals surface area contributed by atoms with Crippen LogP contribution in [-0.2, 0) is 9.53 Å². The van der Waals surface area contributed by atoms with Gasteiger partial charge in [0, 0.05) is 47.5 Å². The fraction of sp³-hybridized carbons (Fsp3) is 0.381. The Hall–Kier alpha value is -2.40. The first kappa shape index (κ1) is 22.8. The van der Waals surface area contributed by atoms with Gasteiger partial charge < -0.3 is 15.2 Å². The predicted octanol–water partition coefficient (Wildman–Crippen LogP) is 2.86. The van der Waals surface area contributed by atoms with Crippen LogP contribution < -0.4 is 5.32 Å². The Morgan fingerprint density at radius 3 is 2.88 bits per heavy atom. The van der Waals surface area contributed by atoms with Gasteiger partial charge in [-0.3, -0.25) is 9.89 Å². The standard InChI is InChI=1S/C21H21ClF2N4O3S/c1-2-31-21(30)17-15(9-28-8-14(24)16(29)10-28)26-19(20-25-5-6-32-20)27-18(17)12-4-3-11(23)7-13(12)22/h3-7,14,16,18,29H,2,8-10H2,1H3,(H,26,27)/t14-,16?,18-/m0/s1. The summed E-state index contributed by atoms with van der Waals surface area (Å²) in [4.78, 5) is 23.7. The molecule has 1 aromatic heterocycles. The zero-order chi connectivity index (χ0) is 22.8. The molecule has 4 rings (SSSR count). The molecule has 0 spiro atoms. The number of halogens is 3. The van der Waals surface area contributed by atoms with Gasteiger partial charge in [0.2, 0.25) is 0 Å². The van der Waals surface area contributed by atoms with Gasteiger partial charge >= 0.3 is 5.97 Å². The van der Waals surface area contributed by atoms with E-state index in [9.17, 15) is 18.7 Å². The molecule has 3 atom stereocenters. The number of nitrogens with zero attached hydrogens (tertiary/aromatic N) is 3. The number of aliphatic hydroxyl groups is 1. The summed E-state index contributed by atoms with van der Waals surface area (Å²) in [6.07, 6.45) is -0.849. The first-order valence-corrected chi connectivity index (χ1v) is 11.3. The maximum atomic E-state index is 13.9. The van der Waals surface area contributed by atoms with E-state index in [1.807, 2.05) is 0 Å². The first-order chi connectivity index (χ1) is 15.4. The summed E-state index contributed by atoms with van der Waals surface area (Å²) >= 11 is 7.68. The highest BCUT2D eigenvalue weighted by Gasteiger charge is 2.37. The number of aromatic nitrogens is 1. The third kappa shape index (κ3) is 4.68. The number of carbonyl (C=O) groups is 1. The molecule has 0 aliphatic carbocycles. The van der Waals surface area contributed by atoms with E-state index in [4.69, 9.17) is 16.3 Å². The van der Waals surface area contributed by atoms with Crippen molar-refractivity contribution in [2.24, 2.45) is 4.99 Å². The lowest BCUT2D eigenvalue weighted by molar-refractivity contribution is -0.139. The number of likely N-dealkylation sites (tertiary alicyclic amines) is 1. The van der Waals surface area contributed by atoms with Crippen LogP contribution in [0.4, 0.5) is 8.78 Å². The molecule has 2 aromatic rings. The molecule has 7 nitrogen and oxygen atoms in total. The van der Waals surface area contributed by atoms with Crippen molar-refractivity contribution < 1.29 is 23.4 Å². The van der Waals surface area contributed by atoms with Crippen molar-refractivity contribution >= 4 is 34.7 Å². The van der Waals surface area contributed by atoms with E-state index >= 15 is 0 Å². The minimum atomic E-state index is -1.38. The summed E-state index contributed by atoms with van der Waals surface area (Å²) in [5.74, 6) is -0.720. The van der Waals surface area contributed by atoms with Crippen molar-refractivity contribution in [1.82, 2.24) is 15.2 Å². The number of hydrogen-bond acceptors (Lipinski definition) is 8. The van der Waals surface area contributed by atoms with Crippen LogP contribution in [-0.4, -0.2) is 65.3 Å². The van der Waals surface area contributed by atoms with Crippen LogP contribution in [0.25, 0.3) is 0 Å². The number of ether oxygens (including phenoxy) is 1. The van der Waals surface area contributed by atoms with E-state index in [1.54, 1.807) is 23.4 Å². The zero-order valence-electron chi connectivity index (χ0n) is 17.1. The molecule has 1 fully saturated rings. The van der Waals surface area contributed by atoms with Crippen molar-refractivity contribution in [3.63, 3.8) is 0 Å². The maximum absolute atomic E-state index is 13.9. The van der Waals surface area contributed by atoms with Gasteiger partial charge in [-0.05, 0) is 19.1 Å². The first-order valence-electron chi connectivity index (χ1n) is 10.0. The van der Waals surface area contributed by atoms with Crippen molar-refractivity contribution in [2.45, 2.75) is 25.2 Å². The lowest BCUT2D eigenvalue weighted by Crippen LogP contribution is -2.39. The topological polar surface area (TPSA) is 87.0 Å². The molecule has 170 valence electrons. The number of β-amino-alcohol motifs (C(OH)–C–C–N with tert-alkyl or cyclic N) is 1. The predicted molar refractivity (Wildman–Crippen MR) is 117 cm³/mol. The Morgan fingerprint density at radius 2 is 2.25 bits per heavy atom. The number of benzene rings is 1. The van der Waals surface area contributed by atoms with Crippen molar-refractivity contribution in [2.75, 3.05) is 26.2 Å². The van der Waals surface area contributed by atoms with Crippen molar-refractivity contribution in [3.05, 3.63) is 62.5 Å². The largest absolute Gasteiger partial charge is 0.463 e. The Kier molecular flexibility index (Phi) is 6.85. The molecular formula is C21H21ClF2N4O3S. The van der Waals surface area contributed by atoms with Crippen LogP contribution in [0.3, 0.4) is 0 Å². The number of aliphatic imine (C=N–C) groups is 1. The van der Waals surface area contributed by atoms with Crippen LogP contribution in [0.5, 0.6) is 0 Å². The number of hydrogen-bond donors (Lipinski definition) is 2. The van der Waals surface area contributed by atoms with Gasteiger partial charge in [0.1, 0.15) is 18.0 Å². The Labute approximate surface area is 192 Å². The van der Waals surface area contributed by atoms with E-state index in [0.29, 0.717) is 22.1 Å². The van der Waals surface area contributed by atoms with Gasteiger partial charge in [0.15, 0.2) is 10.8 Å². The third-order valence-corrected chi connectivity index (χ3v) is 6.30. The van der Waals surface area contributed by atoms with E-state index in [0.717, 1.165) is 6.07 Å². The molecule has 1 saturated heterocycles. The molecule has 3 heterocycles. The summed E-state index contributed by atoms with van der Waals surface area (Å²) in [7, 11) is 0. The average molecular weight is 483 g/mol. The number of thiazole rings is 1. The molecule has 2 N–H and O–H groups in total. The van der Waals surface area contributed by atoms with E-state index in [1.165, 1.54) is 23.5 Å². The Morgan fingerprint density at radius 1 is 1.44 bits per heavy atom. The summed E-state index contributed by atoms with van der Waals surface area (Å²) in [5, 5.41) is 15.4. The van der Waals surface area contributed by atoms with Crippen molar-refractivity contribution in [3.8, 4) is 0 Å². The average Bonchev–Trinajstić information content (AvgIpc) is 3.38. The normalized spacial score (nSPS) is 23.8. The second-order valence-electron chi connectivity index (χ2n) is 7.40. The highest BCUT2D eigenvalue weighted by molar-refractivity contribution is 7.11. The SMILES string of the molecule is CCOC(=O)C1=C(CN2CC(O)[C@@H](F)C2)NC(c2nccs2)=N[C@H]1c1ccc(F)cc1Cl. The number of carbonyl (C=O) groups excluding carboxylic acids is 1. The third-order valence-electron chi connectivity index (χ3n) is 5.19. The van der Waals surface area contributed by atoms with Gasteiger partial charge in [0.05, 0.1) is 18.3 Å². The molecule has 11 heteroatoms.